The Balaban J connectivity index is 2.34. The van der Waals surface area contributed by atoms with E-state index in [1.807, 2.05) is 0 Å². The Morgan fingerprint density at radius 2 is 1.82 bits per heavy atom. The van der Waals surface area contributed by atoms with E-state index < -0.39 is 0 Å². The largest absolute Gasteiger partial charge is 0.347 e. The molecular formula is C11H14ClN3O2. The summed E-state index contributed by atoms with van der Waals surface area (Å²) in [6.45, 7) is 0.200. The molecule has 0 aliphatic heterocycles. The van der Waals surface area contributed by atoms with E-state index in [2.05, 4.69) is 10.6 Å². The predicted molar refractivity (Wildman–Crippen MR) is 66.8 cm³/mol. The molecule has 0 bridgehead atoms. The number of rotatable bonds is 5. The van der Waals surface area contributed by atoms with Gasteiger partial charge in [-0.2, -0.15) is 0 Å². The van der Waals surface area contributed by atoms with Gasteiger partial charge < -0.3 is 16.4 Å². The number of halogens is 1. The zero-order valence-electron chi connectivity index (χ0n) is 9.20. The number of benzene rings is 1. The highest BCUT2D eigenvalue weighted by Crippen LogP contribution is 2.12. The molecule has 5 nitrogen and oxygen atoms in total. The number of carbonyl (C=O) groups excluding carboxylic acids is 2. The molecule has 0 saturated carbocycles. The Morgan fingerprint density at radius 1 is 1.18 bits per heavy atom. The molecule has 6 heteroatoms. The van der Waals surface area contributed by atoms with Crippen molar-refractivity contribution >= 4 is 29.1 Å². The normalized spacial score (nSPS) is 9.76. The molecular weight excluding hydrogens is 242 g/mol. The number of nitrogens with one attached hydrogen (secondary N) is 2. The lowest BCUT2D eigenvalue weighted by atomic mass is 10.3. The highest BCUT2D eigenvalue weighted by atomic mass is 35.5. The van der Waals surface area contributed by atoms with Gasteiger partial charge in [0, 0.05) is 23.7 Å². The maximum absolute atomic E-state index is 11.4. The first kappa shape index (κ1) is 13.5. The number of nitrogens with two attached hydrogens (primary N) is 1. The van der Waals surface area contributed by atoms with Crippen LogP contribution in [0.2, 0.25) is 5.02 Å². The maximum Gasteiger partial charge on any atom is 0.243 e. The van der Waals surface area contributed by atoms with Gasteiger partial charge >= 0.3 is 0 Å². The van der Waals surface area contributed by atoms with Gasteiger partial charge in [0.1, 0.15) is 0 Å². The van der Waals surface area contributed by atoms with Crippen molar-refractivity contribution in [3.8, 4) is 0 Å². The quantitative estimate of drug-likeness (QED) is 0.726. The van der Waals surface area contributed by atoms with Crippen molar-refractivity contribution in [1.29, 1.82) is 0 Å². The van der Waals surface area contributed by atoms with Crippen LogP contribution in [-0.2, 0) is 9.59 Å². The average Bonchev–Trinajstić information content (AvgIpc) is 2.30. The number of amides is 2. The lowest BCUT2D eigenvalue weighted by molar-refractivity contribution is -0.124. The Hall–Kier alpha value is -1.59. The smallest absolute Gasteiger partial charge is 0.243 e. The van der Waals surface area contributed by atoms with Crippen LogP contribution in [-0.4, -0.2) is 24.9 Å². The minimum atomic E-state index is -0.294. The molecule has 1 aromatic carbocycles. The summed E-state index contributed by atoms with van der Waals surface area (Å²) in [6, 6.07) is 6.71. The van der Waals surface area contributed by atoms with Gasteiger partial charge in [-0.3, -0.25) is 9.59 Å². The van der Waals surface area contributed by atoms with E-state index in [1.165, 1.54) is 0 Å². The molecule has 92 valence electrons. The third-order valence-electron chi connectivity index (χ3n) is 1.95. The van der Waals surface area contributed by atoms with Gasteiger partial charge in [-0.15, -0.1) is 0 Å². The van der Waals surface area contributed by atoms with Crippen LogP contribution >= 0.6 is 11.6 Å². The highest BCUT2D eigenvalue weighted by Gasteiger charge is 2.04. The fourth-order valence-corrected chi connectivity index (χ4v) is 1.26. The summed E-state index contributed by atoms with van der Waals surface area (Å²) in [4.78, 5) is 22.5. The molecule has 0 radical (unpaired) electrons. The van der Waals surface area contributed by atoms with Gasteiger partial charge in [-0.1, -0.05) is 11.6 Å². The molecule has 17 heavy (non-hydrogen) atoms. The van der Waals surface area contributed by atoms with Crippen LogP contribution in [0.4, 0.5) is 5.69 Å². The molecule has 0 aliphatic rings. The van der Waals surface area contributed by atoms with Crippen LogP contribution < -0.4 is 16.4 Å². The van der Waals surface area contributed by atoms with E-state index in [4.69, 9.17) is 17.3 Å². The summed E-state index contributed by atoms with van der Waals surface area (Å²) in [5.41, 5.74) is 5.83. The number of hydrogen-bond acceptors (Lipinski definition) is 3. The van der Waals surface area contributed by atoms with E-state index >= 15 is 0 Å². The van der Waals surface area contributed by atoms with Crippen LogP contribution in [0.5, 0.6) is 0 Å². The Morgan fingerprint density at radius 3 is 2.41 bits per heavy atom. The molecule has 0 aromatic heterocycles. The second kappa shape index (κ2) is 6.88. The number of carbonyl (C=O) groups is 2. The summed E-state index contributed by atoms with van der Waals surface area (Å²) in [5.74, 6) is -0.531. The number of hydrogen-bond donors (Lipinski definition) is 3. The van der Waals surface area contributed by atoms with Gasteiger partial charge in [0.15, 0.2) is 0 Å². The molecule has 2 amide bonds. The molecule has 0 heterocycles. The van der Waals surface area contributed by atoms with E-state index in [0.29, 0.717) is 10.7 Å². The first-order valence-corrected chi connectivity index (χ1v) is 5.52. The molecule has 0 spiro atoms. The second-order valence-corrected chi connectivity index (χ2v) is 3.81. The van der Waals surface area contributed by atoms with Gasteiger partial charge in [-0.05, 0) is 24.3 Å². The topological polar surface area (TPSA) is 84.2 Å². The molecule has 0 unspecified atom stereocenters. The van der Waals surface area contributed by atoms with Crippen molar-refractivity contribution in [2.45, 2.75) is 6.42 Å². The molecule has 0 atom stereocenters. The Labute approximate surface area is 104 Å². The molecule has 1 aromatic rings. The first-order chi connectivity index (χ1) is 8.11. The standard InChI is InChI=1S/C11H14ClN3O2/c12-8-1-3-9(4-2-8)15-11(17)7-14-10(16)5-6-13/h1-4H,5-7,13H2,(H,14,16)(H,15,17). The van der Waals surface area contributed by atoms with E-state index in [1.54, 1.807) is 24.3 Å². The van der Waals surface area contributed by atoms with E-state index in [-0.39, 0.29) is 31.3 Å². The molecule has 1 rings (SSSR count). The Bertz CT molecular complexity index is 392. The average molecular weight is 256 g/mol. The zero-order valence-corrected chi connectivity index (χ0v) is 9.96. The minimum Gasteiger partial charge on any atom is -0.347 e. The summed E-state index contributed by atoms with van der Waals surface area (Å²) in [5, 5.41) is 5.68. The minimum absolute atomic E-state index is 0.0680. The predicted octanol–water partition coefficient (Wildman–Crippen LogP) is 0.744. The third kappa shape index (κ3) is 5.33. The van der Waals surface area contributed by atoms with Crippen molar-refractivity contribution in [2.75, 3.05) is 18.4 Å². The van der Waals surface area contributed by atoms with Crippen molar-refractivity contribution in [3.05, 3.63) is 29.3 Å². The maximum atomic E-state index is 11.4. The van der Waals surface area contributed by atoms with Crippen LogP contribution in [0.3, 0.4) is 0 Å². The van der Waals surface area contributed by atoms with Crippen molar-refractivity contribution in [2.24, 2.45) is 5.73 Å². The summed E-state index contributed by atoms with van der Waals surface area (Å²) in [6.07, 6.45) is 0.216. The molecule has 0 aliphatic carbocycles. The second-order valence-electron chi connectivity index (χ2n) is 3.37. The van der Waals surface area contributed by atoms with Gasteiger partial charge in [0.05, 0.1) is 6.54 Å². The van der Waals surface area contributed by atoms with Gasteiger partial charge in [0.2, 0.25) is 11.8 Å². The lowest BCUT2D eigenvalue weighted by Crippen LogP contribution is -2.33. The van der Waals surface area contributed by atoms with E-state index in [0.717, 1.165) is 0 Å². The lowest BCUT2D eigenvalue weighted by Gasteiger charge is -2.06. The first-order valence-electron chi connectivity index (χ1n) is 5.14. The van der Waals surface area contributed by atoms with Crippen molar-refractivity contribution < 1.29 is 9.59 Å². The monoisotopic (exact) mass is 255 g/mol. The molecule has 0 saturated heterocycles. The van der Waals surface area contributed by atoms with Crippen LogP contribution in [0.1, 0.15) is 6.42 Å². The van der Waals surface area contributed by atoms with E-state index in [9.17, 15) is 9.59 Å². The van der Waals surface area contributed by atoms with Crippen LogP contribution in [0, 0.1) is 0 Å². The molecule has 0 fully saturated rings. The zero-order chi connectivity index (χ0) is 12.7. The Kier molecular flexibility index (Phi) is 5.45. The SMILES string of the molecule is NCCC(=O)NCC(=O)Nc1ccc(Cl)cc1. The van der Waals surface area contributed by atoms with Gasteiger partial charge in [0.25, 0.3) is 0 Å². The van der Waals surface area contributed by atoms with Gasteiger partial charge in [-0.25, -0.2) is 0 Å². The number of anilines is 1. The molecule has 4 N–H and O–H groups in total. The summed E-state index contributed by atoms with van der Waals surface area (Å²) >= 11 is 5.70. The summed E-state index contributed by atoms with van der Waals surface area (Å²) < 4.78 is 0. The third-order valence-corrected chi connectivity index (χ3v) is 2.20. The van der Waals surface area contributed by atoms with Crippen LogP contribution in [0.15, 0.2) is 24.3 Å². The fourth-order valence-electron chi connectivity index (χ4n) is 1.14. The van der Waals surface area contributed by atoms with Crippen molar-refractivity contribution in [3.63, 3.8) is 0 Å². The highest BCUT2D eigenvalue weighted by molar-refractivity contribution is 6.30. The summed E-state index contributed by atoms with van der Waals surface area (Å²) in [7, 11) is 0. The fraction of sp³-hybridized carbons (Fsp3) is 0.273. The van der Waals surface area contributed by atoms with Crippen LogP contribution in [0.25, 0.3) is 0 Å². The van der Waals surface area contributed by atoms with Crippen molar-refractivity contribution in [1.82, 2.24) is 5.32 Å².